The number of methoxy groups -OCH3 is 1. The van der Waals surface area contributed by atoms with Crippen LogP contribution in [0, 0.1) is 0 Å². The van der Waals surface area contributed by atoms with Gasteiger partial charge in [-0.25, -0.2) is 4.98 Å². The number of ether oxygens (including phenoxy) is 1. The van der Waals surface area contributed by atoms with Gasteiger partial charge in [0.05, 0.1) is 12.8 Å². The normalized spacial score (nSPS) is 13.8. The molecule has 4 heteroatoms. The number of aryl methyl sites for hydroxylation is 2. The molecule has 3 rings (SSSR count). The van der Waals surface area contributed by atoms with E-state index in [1.165, 1.54) is 12.1 Å². The molecule has 0 spiro atoms. The van der Waals surface area contributed by atoms with Crippen molar-refractivity contribution in [2.45, 2.75) is 19.4 Å². The molecule has 0 saturated heterocycles. The fraction of sp³-hybridized carbons (Fsp3) is 0.333. The van der Waals surface area contributed by atoms with Gasteiger partial charge in [-0.1, -0.05) is 6.07 Å². The van der Waals surface area contributed by atoms with Crippen molar-refractivity contribution in [2.75, 3.05) is 7.11 Å². The molecule has 1 aliphatic heterocycles. The number of rotatable bonds is 2. The van der Waals surface area contributed by atoms with Crippen molar-refractivity contribution in [1.29, 1.82) is 0 Å². The molecule has 0 radical (unpaired) electrons. The van der Waals surface area contributed by atoms with Gasteiger partial charge in [0.15, 0.2) is 0 Å². The van der Waals surface area contributed by atoms with E-state index >= 15 is 0 Å². The highest BCUT2D eigenvalue weighted by Gasteiger charge is 2.15. The van der Waals surface area contributed by atoms with Gasteiger partial charge in [-0.2, -0.15) is 5.10 Å². The molecule has 2 aromatic rings. The Balaban J connectivity index is 2.01. The van der Waals surface area contributed by atoms with Crippen LogP contribution < -0.4 is 4.74 Å². The smallest absolute Gasteiger partial charge is 0.213 e. The van der Waals surface area contributed by atoms with Gasteiger partial charge < -0.3 is 4.74 Å². The summed E-state index contributed by atoms with van der Waals surface area (Å²) in [4.78, 5) is 4.38. The minimum atomic E-state index is 0.630. The predicted octanol–water partition coefficient (Wildman–Crippen LogP) is 1.90. The summed E-state index contributed by atoms with van der Waals surface area (Å²) in [6, 6.07) is 7.86. The first-order chi connectivity index (χ1) is 7.86. The molecule has 0 unspecified atom stereocenters. The van der Waals surface area contributed by atoms with Crippen LogP contribution in [0.1, 0.15) is 12.1 Å². The lowest BCUT2D eigenvalue weighted by Crippen LogP contribution is -1.95. The summed E-state index contributed by atoms with van der Waals surface area (Å²) in [5, 5.41) is 4.54. The summed E-state index contributed by atoms with van der Waals surface area (Å²) in [5.74, 6) is 0.630. The van der Waals surface area contributed by atoms with Gasteiger partial charge in [0.1, 0.15) is 5.69 Å². The lowest BCUT2D eigenvalue weighted by molar-refractivity contribution is 0.398. The predicted molar refractivity (Wildman–Crippen MR) is 60.3 cm³/mol. The Hall–Kier alpha value is -1.84. The molecule has 0 amide bonds. The van der Waals surface area contributed by atoms with Crippen LogP contribution in [-0.2, 0) is 13.0 Å². The van der Waals surface area contributed by atoms with Crippen molar-refractivity contribution < 1.29 is 4.74 Å². The Kier molecular flexibility index (Phi) is 2.13. The summed E-state index contributed by atoms with van der Waals surface area (Å²) >= 11 is 0. The van der Waals surface area contributed by atoms with Crippen molar-refractivity contribution in [3.63, 3.8) is 0 Å². The Bertz CT molecular complexity index is 497. The summed E-state index contributed by atoms with van der Waals surface area (Å²) in [5.41, 5.74) is 3.12. The monoisotopic (exact) mass is 215 g/mol. The lowest BCUT2D eigenvalue weighted by Gasteiger charge is -2.00. The molecule has 0 N–H and O–H groups in total. The van der Waals surface area contributed by atoms with Crippen LogP contribution in [0.5, 0.6) is 5.88 Å². The zero-order chi connectivity index (χ0) is 11.0. The van der Waals surface area contributed by atoms with Crippen LogP contribution in [0.2, 0.25) is 0 Å². The Morgan fingerprint density at radius 3 is 3.06 bits per heavy atom. The third kappa shape index (κ3) is 1.46. The van der Waals surface area contributed by atoms with E-state index in [9.17, 15) is 0 Å². The van der Waals surface area contributed by atoms with Crippen molar-refractivity contribution in [3.05, 3.63) is 30.0 Å². The Morgan fingerprint density at radius 1 is 1.31 bits per heavy atom. The van der Waals surface area contributed by atoms with Gasteiger partial charge >= 0.3 is 0 Å². The largest absolute Gasteiger partial charge is 0.481 e. The highest BCUT2D eigenvalue weighted by molar-refractivity contribution is 5.55. The minimum Gasteiger partial charge on any atom is -0.481 e. The maximum atomic E-state index is 5.11. The van der Waals surface area contributed by atoms with E-state index in [4.69, 9.17) is 4.74 Å². The molecule has 0 bridgehead atoms. The summed E-state index contributed by atoms with van der Waals surface area (Å²) in [7, 11) is 1.62. The van der Waals surface area contributed by atoms with Crippen LogP contribution in [0.4, 0.5) is 0 Å². The van der Waals surface area contributed by atoms with E-state index in [2.05, 4.69) is 20.8 Å². The topological polar surface area (TPSA) is 39.9 Å². The van der Waals surface area contributed by atoms with E-state index in [0.29, 0.717) is 5.88 Å². The first kappa shape index (κ1) is 9.39. The summed E-state index contributed by atoms with van der Waals surface area (Å²) in [6.07, 6.45) is 2.32. The SMILES string of the molecule is COc1cccc(-c2cc3n(n2)CCC3)n1. The fourth-order valence-corrected chi connectivity index (χ4v) is 2.06. The third-order valence-corrected chi connectivity index (χ3v) is 2.86. The maximum Gasteiger partial charge on any atom is 0.213 e. The van der Waals surface area contributed by atoms with E-state index in [1.807, 2.05) is 18.2 Å². The molecular weight excluding hydrogens is 202 g/mol. The number of hydrogen-bond donors (Lipinski definition) is 0. The van der Waals surface area contributed by atoms with Gasteiger partial charge in [0.25, 0.3) is 0 Å². The first-order valence-corrected chi connectivity index (χ1v) is 5.45. The molecular formula is C12H13N3O. The highest BCUT2D eigenvalue weighted by atomic mass is 16.5. The molecule has 0 aromatic carbocycles. The molecule has 3 heterocycles. The number of nitrogens with zero attached hydrogens (tertiary/aromatic N) is 3. The maximum absolute atomic E-state index is 5.11. The minimum absolute atomic E-state index is 0.630. The third-order valence-electron chi connectivity index (χ3n) is 2.86. The first-order valence-electron chi connectivity index (χ1n) is 5.45. The zero-order valence-electron chi connectivity index (χ0n) is 9.18. The van der Waals surface area contributed by atoms with Crippen molar-refractivity contribution in [1.82, 2.24) is 14.8 Å². The lowest BCUT2D eigenvalue weighted by atomic mass is 10.2. The molecule has 0 saturated carbocycles. The average Bonchev–Trinajstić information content (AvgIpc) is 2.89. The van der Waals surface area contributed by atoms with Gasteiger partial charge in [-0.15, -0.1) is 0 Å². The van der Waals surface area contributed by atoms with Crippen LogP contribution in [0.25, 0.3) is 11.4 Å². The van der Waals surface area contributed by atoms with E-state index < -0.39 is 0 Å². The van der Waals surface area contributed by atoms with Crippen molar-refractivity contribution in [2.24, 2.45) is 0 Å². The number of fused-ring (bicyclic) bond motifs is 1. The summed E-state index contributed by atoms with van der Waals surface area (Å²) < 4.78 is 7.17. The van der Waals surface area contributed by atoms with Gasteiger partial charge in [0.2, 0.25) is 5.88 Å². The van der Waals surface area contributed by atoms with Gasteiger partial charge in [0, 0.05) is 18.3 Å². The second-order valence-corrected chi connectivity index (χ2v) is 3.91. The molecule has 0 fully saturated rings. The second kappa shape index (κ2) is 3.63. The van der Waals surface area contributed by atoms with Crippen LogP contribution in [0.3, 0.4) is 0 Å². The highest BCUT2D eigenvalue weighted by Crippen LogP contribution is 2.23. The molecule has 0 atom stereocenters. The molecule has 82 valence electrons. The van der Waals surface area contributed by atoms with Crippen LogP contribution in [0.15, 0.2) is 24.3 Å². The van der Waals surface area contributed by atoms with Crippen LogP contribution >= 0.6 is 0 Å². The number of pyridine rings is 1. The molecule has 16 heavy (non-hydrogen) atoms. The van der Waals surface area contributed by atoms with Crippen molar-refractivity contribution >= 4 is 0 Å². The van der Waals surface area contributed by atoms with Gasteiger partial charge in [-0.3, -0.25) is 4.68 Å². The average molecular weight is 215 g/mol. The van der Waals surface area contributed by atoms with Crippen LogP contribution in [-0.4, -0.2) is 21.9 Å². The zero-order valence-corrected chi connectivity index (χ0v) is 9.18. The Morgan fingerprint density at radius 2 is 2.25 bits per heavy atom. The van der Waals surface area contributed by atoms with Gasteiger partial charge in [-0.05, 0) is 25.0 Å². The standard InChI is InChI=1S/C12H13N3O/c1-16-12-6-2-5-10(13-12)11-8-9-4-3-7-15(9)14-11/h2,5-6,8H,3-4,7H2,1H3. The molecule has 2 aromatic heterocycles. The fourth-order valence-electron chi connectivity index (χ4n) is 2.06. The molecule has 4 nitrogen and oxygen atoms in total. The quantitative estimate of drug-likeness (QED) is 0.768. The molecule has 0 aliphatic carbocycles. The number of aromatic nitrogens is 3. The van der Waals surface area contributed by atoms with E-state index in [1.54, 1.807) is 7.11 Å². The summed E-state index contributed by atoms with van der Waals surface area (Å²) in [6.45, 7) is 1.03. The van der Waals surface area contributed by atoms with E-state index in [-0.39, 0.29) is 0 Å². The Labute approximate surface area is 93.9 Å². The van der Waals surface area contributed by atoms with Crippen molar-refractivity contribution in [3.8, 4) is 17.3 Å². The molecule has 1 aliphatic rings. The second-order valence-electron chi connectivity index (χ2n) is 3.91. The number of hydrogen-bond acceptors (Lipinski definition) is 3. The van der Waals surface area contributed by atoms with E-state index in [0.717, 1.165) is 24.4 Å².